The molecule has 1 fully saturated rings. The number of ether oxygens (including phenoxy) is 1. The van der Waals surface area contributed by atoms with Crippen LogP contribution in [0, 0.1) is 0 Å². The van der Waals surface area contributed by atoms with Gasteiger partial charge >= 0.3 is 0 Å². The number of H-pyrrole nitrogens is 1. The summed E-state index contributed by atoms with van der Waals surface area (Å²) in [7, 11) is 0. The summed E-state index contributed by atoms with van der Waals surface area (Å²) in [6.07, 6.45) is 1.79. The van der Waals surface area contributed by atoms with Crippen molar-refractivity contribution < 1.29 is 9.53 Å². The van der Waals surface area contributed by atoms with Crippen molar-refractivity contribution in [1.82, 2.24) is 25.5 Å². The lowest BCUT2D eigenvalue weighted by atomic mass is 10.1. The molecule has 148 valence electrons. The molecule has 9 heteroatoms. The van der Waals surface area contributed by atoms with E-state index in [0.717, 1.165) is 45.6 Å². The third-order valence-electron chi connectivity index (χ3n) is 4.95. The van der Waals surface area contributed by atoms with Crippen LogP contribution in [0.15, 0.2) is 30.5 Å². The maximum absolute atomic E-state index is 12.4. The number of hydrogen-bond acceptors (Lipinski definition) is 7. The average Bonchev–Trinajstić information content (AvgIpc) is 3.40. The zero-order valence-corrected chi connectivity index (χ0v) is 16.8. The number of carbonyl (C=O) groups excluding carboxylic acids is 1. The molecule has 4 aromatic rings. The van der Waals surface area contributed by atoms with Gasteiger partial charge in [0, 0.05) is 30.6 Å². The summed E-state index contributed by atoms with van der Waals surface area (Å²) in [6.45, 7) is 5.34. The Balaban J connectivity index is 1.70. The molecule has 1 saturated heterocycles. The Morgan fingerprint density at radius 2 is 2.17 bits per heavy atom. The van der Waals surface area contributed by atoms with Crippen molar-refractivity contribution in [1.29, 1.82) is 0 Å². The van der Waals surface area contributed by atoms with Gasteiger partial charge in [-0.3, -0.25) is 9.89 Å². The van der Waals surface area contributed by atoms with Gasteiger partial charge in [-0.25, -0.2) is 9.97 Å². The number of morpholine rings is 1. The second kappa shape index (κ2) is 7.41. The fourth-order valence-corrected chi connectivity index (χ4v) is 4.58. The fraction of sp³-hybridized carbons (Fsp3) is 0.300. The first-order valence-corrected chi connectivity index (χ1v) is 10.4. The van der Waals surface area contributed by atoms with Crippen LogP contribution in [0.2, 0.25) is 0 Å². The summed E-state index contributed by atoms with van der Waals surface area (Å²) < 4.78 is 6.44. The van der Waals surface area contributed by atoms with Crippen LogP contribution in [-0.4, -0.2) is 58.9 Å². The second-order valence-electron chi connectivity index (χ2n) is 6.79. The highest BCUT2D eigenvalue weighted by atomic mass is 32.1. The second-order valence-corrected chi connectivity index (χ2v) is 7.84. The van der Waals surface area contributed by atoms with E-state index in [4.69, 9.17) is 14.7 Å². The highest BCUT2D eigenvalue weighted by Crippen LogP contribution is 2.35. The van der Waals surface area contributed by atoms with Gasteiger partial charge in [0.1, 0.15) is 0 Å². The van der Waals surface area contributed by atoms with Crippen LogP contribution in [0.4, 0.5) is 5.82 Å². The van der Waals surface area contributed by atoms with Gasteiger partial charge in [-0.15, -0.1) is 11.3 Å². The van der Waals surface area contributed by atoms with Crippen molar-refractivity contribution in [2.24, 2.45) is 0 Å². The molecular weight excluding hydrogens is 388 g/mol. The van der Waals surface area contributed by atoms with Crippen LogP contribution in [0.1, 0.15) is 16.6 Å². The number of nitrogens with zero attached hydrogens (tertiary/aromatic N) is 4. The number of hydrogen-bond donors (Lipinski definition) is 2. The zero-order chi connectivity index (χ0) is 19.8. The number of rotatable bonds is 4. The maximum atomic E-state index is 12.4. The summed E-state index contributed by atoms with van der Waals surface area (Å²) >= 11 is 1.44. The van der Waals surface area contributed by atoms with Crippen LogP contribution in [0.25, 0.3) is 32.5 Å². The number of carbonyl (C=O) groups is 1. The standard InChI is InChI=1S/C20H20N6O2S/c1-2-21-20(27)16-10-15-17(29-16)19(26-6-8-28-9-7-26)24-18(23-15)12-4-3-5-14-13(12)11-22-25-14/h3-5,10-11H,2,6-9H2,1H3,(H,21,27)(H,22,25). The van der Waals surface area contributed by atoms with E-state index < -0.39 is 0 Å². The number of anilines is 1. The molecule has 4 heterocycles. The van der Waals surface area contributed by atoms with Gasteiger partial charge in [0.15, 0.2) is 11.6 Å². The third kappa shape index (κ3) is 3.22. The van der Waals surface area contributed by atoms with Crippen LogP contribution in [0.5, 0.6) is 0 Å². The Kier molecular flexibility index (Phi) is 4.61. The lowest BCUT2D eigenvalue weighted by Crippen LogP contribution is -2.36. The normalized spacial score (nSPS) is 14.6. The van der Waals surface area contributed by atoms with Crippen molar-refractivity contribution in [3.05, 3.63) is 35.3 Å². The summed E-state index contributed by atoms with van der Waals surface area (Å²) in [5.41, 5.74) is 2.63. The fourth-order valence-electron chi connectivity index (χ4n) is 3.55. The molecule has 0 unspecified atom stereocenters. The molecular formula is C20H20N6O2S. The first-order valence-electron chi connectivity index (χ1n) is 9.59. The minimum absolute atomic E-state index is 0.0816. The van der Waals surface area contributed by atoms with Crippen molar-refractivity contribution in [3.63, 3.8) is 0 Å². The Hall–Kier alpha value is -3.04. The SMILES string of the molecule is CCNC(=O)c1cc2nc(-c3cccc4[nH]ncc34)nc(N3CCOCC3)c2s1. The molecule has 1 aliphatic rings. The maximum Gasteiger partial charge on any atom is 0.261 e. The quantitative estimate of drug-likeness (QED) is 0.539. The molecule has 0 spiro atoms. The first kappa shape index (κ1) is 18.0. The van der Waals surface area contributed by atoms with E-state index in [1.807, 2.05) is 31.2 Å². The summed E-state index contributed by atoms with van der Waals surface area (Å²) in [4.78, 5) is 25.0. The molecule has 2 N–H and O–H groups in total. The van der Waals surface area contributed by atoms with E-state index in [0.29, 0.717) is 30.5 Å². The molecule has 5 rings (SSSR count). The predicted octanol–water partition coefficient (Wildman–Crippen LogP) is 2.82. The monoisotopic (exact) mass is 408 g/mol. The molecule has 29 heavy (non-hydrogen) atoms. The molecule has 1 amide bonds. The first-order chi connectivity index (χ1) is 14.2. The van der Waals surface area contributed by atoms with Gasteiger partial charge in [-0.1, -0.05) is 12.1 Å². The number of thiophene rings is 1. The van der Waals surface area contributed by atoms with Gasteiger partial charge in [0.2, 0.25) is 0 Å². The Bertz CT molecular complexity index is 1190. The molecule has 0 aliphatic carbocycles. The lowest BCUT2D eigenvalue weighted by molar-refractivity contribution is 0.0960. The molecule has 0 bridgehead atoms. The lowest BCUT2D eigenvalue weighted by Gasteiger charge is -2.28. The molecule has 1 aromatic carbocycles. The topological polar surface area (TPSA) is 96.0 Å². The van der Waals surface area contributed by atoms with Crippen LogP contribution in [-0.2, 0) is 4.74 Å². The number of aromatic nitrogens is 4. The van der Waals surface area contributed by atoms with Gasteiger partial charge in [0.05, 0.1) is 40.0 Å². The van der Waals surface area contributed by atoms with Gasteiger partial charge < -0.3 is 15.0 Å². The van der Waals surface area contributed by atoms with Gasteiger partial charge in [0.25, 0.3) is 5.91 Å². The Labute approximate surface area is 170 Å². The highest BCUT2D eigenvalue weighted by molar-refractivity contribution is 7.21. The number of fused-ring (bicyclic) bond motifs is 2. The number of aromatic amines is 1. The van der Waals surface area contributed by atoms with E-state index in [9.17, 15) is 4.79 Å². The Morgan fingerprint density at radius 1 is 1.31 bits per heavy atom. The third-order valence-corrected chi connectivity index (χ3v) is 6.07. The van der Waals surface area contributed by atoms with Crippen molar-refractivity contribution in [2.75, 3.05) is 37.7 Å². The van der Waals surface area contributed by atoms with E-state index in [2.05, 4.69) is 20.4 Å². The molecule has 0 saturated carbocycles. The number of amides is 1. The van der Waals surface area contributed by atoms with Crippen LogP contribution in [0.3, 0.4) is 0 Å². The van der Waals surface area contributed by atoms with Crippen LogP contribution >= 0.6 is 11.3 Å². The van der Waals surface area contributed by atoms with Crippen LogP contribution < -0.4 is 10.2 Å². The van der Waals surface area contributed by atoms with Gasteiger partial charge in [-0.05, 0) is 19.1 Å². The largest absolute Gasteiger partial charge is 0.378 e. The van der Waals surface area contributed by atoms with E-state index in [1.165, 1.54) is 11.3 Å². The predicted molar refractivity (Wildman–Crippen MR) is 114 cm³/mol. The minimum atomic E-state index is -0.0816. The smallest absolute Gasteiger partial charge is 0.261 e. The van der Waals surface area contributed by atoms with Crippen molar-refractivity contribution in [3.8, 4) is 11.4 Å². The molecule has 3 aromatic heterocycles. The van der Waals surface area contributed by atoms with Gasteiger partial charge in [-0.2, -0.15) is 5.10 Å². The molecule has 0 radical (unpaired) electrons. The summed E-state index contributed by atoms with van der Waals surface area (Å²) in [6, 6.07) is 7.80. The van der Waals surface area contributed by atoms with E-state index in [1.54, 1.807) is 6.20 Å². The average molecular weight is 408 g/mol. The van der Waals surface area contributed by atoms with E-state index in [-0.39, 0.29) is 5.91 Å². The number of benzene rings is 1. The van der Waals surface area contributed by atoms with E-state index >= 15 is 0 Å². The highest BCUT2D eigenvalue weighted by Gasteiger charge is 2.22. The summed E-state index contributed by atoms with van der Waals surface area (Å²) in [5.74, 6) is 1.41. The minimum Gasteiger partial charge on any atom is -0.378 e. The molecule has 8 nitrogen and oxygen atoms in total. The number of nitrogens with one attached hydrogen (secondary N) is 2. The Morgan fingerprint density at radius 3 is 3.00 bits per heavy atom. The van der Waals surface area contributed by atoms with Crippen molar-refractivity contribution in [2.45, 2.75) is 6.92 Å². The molecule has 1 aliphatic heterocycles. The zero-order valence-electron chi connectivity index (χ0n) is 15.9. The summed E-state index contributed by atoms with van der Waals surface area (Å²) in [5, 5.41) is 11.0. The molecule has 0 atom stereocenters. The van der Waals surface area contributed by atoms with Crippen molar-refractivity contribution >= 4 is 44.2 Å².